The second kappa shape index (κ2) is 17.1. The molecule has 1 fully saturated rings. The van der Waals surface area contributed by atoms with Gasteiger partial charge in [0, 0.05) is 63.5 Å². The minimum absolute atomic E-state index is 0.00154. The van der Waals surface area contributed by atoms with Crippen LogP contribution >= 0.6 is 23.2 Å². The normalized spacial score (nSPS) is 18.6. The van der Waals surface area contributed by atoms with Crippen molar-refractivity contribution in [1.82, 2.24) is 18.4 Å². The topological polar surface area (TPSA) is 104 Å². The molecule has 0 bridgehead atoms. The van der Waals surface area contributed by atoms with Crippen LogP contribution in [-0.2, 0) is 25.9 Å². The molecule has 2 atom stereocenters. The largest absolute Gasteiger partial charge is 0.493 e. The molecule has 282 valence electrons. The minimum atomic E-state index is -4.64. The second-order valence-electron chi connectivity index (χ2n) is 12.0. The number of rotatable bonds is 13. The SMILES string of the molecule is CCOc1cc(C(F)(F)F)ccc1C1=NC(c2ccc(Cl)cc2)C(c2ccc(Cl)cc2)N1C(=O)N1CCN(S(=O)(=O)N(CCOC)CCOC)CC1. The van der Waals surface area contributed by atoms with Crippen molar-refractivity contribution in [3.8, 4) is 5.75 Å². The van der Waals surface area contributed by atoms with E-state index in [4.69, 9.17) is 42.4 Å². The van der Waals surface area contributed by atoms with E-state index in [1.54, 1.807) is 55.5 Å². The summed E-state index contributed by atoms with van der Waals surface area (Å²) < 4.78 is 87.4. The first-order valence-corrected chi connectivity index (χ1v) is 18.7. The Labute approximate surface area is 311 Å². The number of amidine groups is 1. The summed E-state index contributed by atoms with van der Waals surface area (Å²) in [6, 6.07) is 14.9. The Morgan fingerprint density at radius 1 is 0.885 bits per heavy atom. The lowest BCUT2D eigenvalue weighted by atomic mass is 9.93. The number of methoxy groups -OCH3 is 2. The number of nitrogens with zero attached hydrogens (tertiary/aromatic N) is 5. The molecule has 0 aromatic heterocycles. The molecule has 0 saturated carbocycles. The highest BCUT2D eigenvalue weighted by Gasteiger charge is 2.46. The number of amides is 2. The number of piperazine rings is 1. The molecule has 0 aliphatic carbocycles. The molecule has 1 saturated heterocycles. The number of carbonyl (C=O) groups is 1. The van der Waals surface area contributed by atoms with Gasteiger partial charge in [-0.25, -0.2) is 4.79 Å². The maximum atomic E-state index is 14.8. The zero-order valence-corrected chi connectivity index (χ0v) is 31.2. The molecular weight excluding hydrogens is 746 g/mol. The Morgan fingerprint density at radius 3 is 1.96 bits per heavy atom. The number of hydrogen-bond donors (Lipinski definition) is 0. The van der Waals surface area contributed by atoms with Gasteiger partial charge < -0.3 is 19.1 Å². The standard InChI is InChI=1S/C35H40Cl2F3N5O6S/c1-4-51-30-23-26(35(38,39)40)9-14-29(30)33-41-31(24-5-10-27(36)11-6-24)32(25-7-12-28(37)13-8-25)45(33)34(46)42-15-17-43(18-16-42)52(47,48)44(19-21-49-2)20-22-50-3/h5-14,23,31-32H,4,15-22H2,1-3H3. The van der Waals surface area contributed by atoms with E-state index in [0.717, 1.165) is 12.1 Å². The Bertz CT molecular complexity index is 1820. The predicted molar refractivity (Wildman–Crippen MR) is 192 cm³/mol. The fraction of sp³-hybridized carbons (Fsp3) is 0.429. The number of aliphatic imine (C=N–C) groups is 1. The van der Waals surface area contributed by atoms with Crippen LogP contribution in [0.4, 0.5) is 18.0 Å². The van der Waals surface area contributed by atoms with Gasteiger partial charge in [-0.3, -0.25) is 9.89 Å². The van der Waals surface area contributed by atoms with Gasteiger partial charge in [0.2, 0.25) is 0 Å². The summed E-state index contributed by atoms with van der Waals surface area (Å²) in [5, 5.41) is 0.951. The molecule has 2 unspecified atom stereocenters. The summed E-state index contributed by atoms with van der Waals surface area (Å²) >= 11 is 12.5. The van der Waals surface area contributed by atoms with E-state index >= 15 is 0 Å². The first-order chi connectivity index (χ1) is 24.8. The number of benzene rings is 3. The van der Waals surface area contributed by atoms with Gasteiger partial charge >= 0.3 is 12.2 Å². The van der Waals surface area contributed by atoms with Crippen LogP contribution < -0.4 is 4.74 Å². The van der Waals surface area contributed by atoms with E-state index in [-0.39, 0.29) is 76.2 Å². The Balaban J connectivity index is 1.56. The lowest BCUT2D eigenvalue weighted by Crippen LogP contribution is -2.57. The zero-order valence-electron chi connectivity index (χ0n) is 28.9. The van der Waals surface area contributed by atoms with Crippen LogP contribution in [-0.4, -0.2) is 112 Å². The molecule has 17 heteroatoms. The molecule has 0 N–H and O–H groups in total. The van der Waals surface area contributed by atoms with Crippen LogP contribution in [0.1, 0.15) is 41.3 Å². The zero-order chi connectivity index (χ0) is 37.6. The smallest absolute Gasteiger partial charge is 0.416 e. The Hall–Kier alpha value is -3.44. The number of alkyl halides is 3. The molecule has 2 amide bonds. The highest BCUT2D eigenvalue weighted by molar-refractivity contribution is 7.86. The second-order valence-corrected chi connectivity index (χ2v) is 14.8. The van der Waals surface area contributed by atoms with Gasteiger partial charge in [0.25, 0.3) is 10.2 Å². The summed E-state index contributed by atoms with van der Waals surface area (Å²) in [6.07, 6.45) is -4.64. The van der Waals surface area contributed by atoms with Gasteiger partial charge in [-0.15, -0.1) is 0 Å². The van der Waals surface area contributed by atoms with Crippen LogP contribution in [0.2, 0.25) is 10.0 Å². The Morgan fingerprint density at radius 2 is 1.44 bits per heavy atom. The lowest BCUT2D eigenvalue weighted by Gasteiger charge is -2.39. The predicted octanol–water partition coefficient (Wildman–Crippen LogP) is 6.53. The minimum Gasteiger partial charge on any atom is -0.493 e. The quantitative estimate of drug-likeness (QED) is 0.195. The maximum absolute atomic E-state index is 14.8. The van der Waals surface area contributed by atoms with Gasteiger partial charge in [-0.05, 0) is 60.5 Å². The molecule has 3 aromatic carbocycles. The van der Waals surface area contributed by atoms with Crippen LogP contribution in [0.5, 0.6) is 5.75 Å². The average Bonchev–Trinajstić information content (AvgIpc) is 3.52. The molecular formula is C35H40Cl2F3N5O6S. The van der Waals surface area contributed by atoms with Crippen molar-refractivity contribution in [2.45, 2.75) is 25.2 Å². The number of carbonyl (C=O) groups excluding carboxylic acids is 1. The summed E-state index contributed by atoms with van der Waals surface area (Å²) in [5.41, 5.74) is 0.633. The summed E-state index contributed by atoms with van der Waals surface area (Å²) in [4.78, 5) is 22.8. The third-order valence-electron chi connectivity index (χ3n) is 8.80. The number of ether oxygens (including phenoxy) is 3. The molecule has 0 spiro atoms. The van der Waals surface area contributed by atoms with E-state index in [1.165, 1.54) is 38.7 Å². The molecule has 2 aliphatic rings. The molecule has 2 aliphatic heterocycles. The monoisotopic (exact) mass is 785 g/mol. The third kappa shape index (κ3) is 8.84. The molecule has 0 radical (unpaired) electrons. The van der Waals surface area contributed by atoms with Gasteiger partial charge in [0.1, 0.15) is 17.6 Å². The van der Waals surface area contributed by atoms with E-state index < -0.39 is 40.1 Å². The maximum Gasteiger partial charge on any atom is 0.416 e. The summed E-state index contributed by atoms with van der Waals surface area (Å²) in [7, 11) is -0.956. The average molecular weight is 787 g/mol. The van der Waals surface area contributed by atoms with Crippen molar-refractivity contribution < 1.29 is 40.6 Å². The molecule has 3 aromatic rings. The number of halogens is 5. The van der Waals surface area contributed by atoms with Crippen molar-refractivity contribution >= 4 is 45.3 Å². The van der Waals surface area contributed by atoms with Crippen LogP contribution in [0.3, 0.4) is 0 Å². The van der Waals surface area contributed by atoms with Crippen molar-refractivity contribution in [3.05, 3.63) is 99.0 Å². The first-order valence-electron chi connectivity index (χ1n) is 16.5. The van der Waals surface area contributed by atoms with Gasteiger partial charge in [0.15, 0.2) is 0 Å². The molecule has 2 heterocycles. The molecule has 52 heavy (non-hydrogen) atoms. The molecule has 11 nitrogen and oxygen atoms in total. The highest BCUT2D eigenvalue weighted by Crippen LogP contribution is 2.46. The van der Waals surface area contributed by atoms with E-state index in [1.807, 2.05) is 0 Å². The van der Waals surface area contributed by atoms with Gasteiger partial charge in [0.05, 0.1) is 37.0 Å². The van der Waals surface area contributed by atoms with Gasteiger partial charge in [-0.2, -0.15) is 30.2 Å². The summed E-state index contributed by atoms with van der Waals surface area (Å²) in [5.74, 6) is 0.00559. The van der Waals surface area contributed by atoms with Gasteiger partial charge in [-0.1, -0.05) is 47.5 Å². The highest BCUT2D eigenvalue weighted by atomic mass is 35.5. The van der Waals surface area contributed by atoms with Crippen molar-refractivity contribution in [2.75, 3.05) is 73.3 Å². The first kappa shape index (κ1) is 39.8. The fourth-order valence-corrected chi connectivity index (χ4v) is 7.98. The fourth-order valence-electron chi connectivity index (χ4n) is 6.17. The third-order valence-corrected chi connectivity index (χ3v) is 11.3. The van der Waals surface area contributed by atoms with Crippen molar-refractivity contribution in [2.24, 2.45) is 4.99 Å². The van der Waals surface area contributed by atoms with Crippen LogP contribution in [0, 0.1) is 0 Å². The van der Waals surface area contributed by atoms with Crippen LogP contribution in [0.15, 0.2) is 71.7 Å². The van der Waals surface area contributed by atoms with Crippen molar-refractivity contribution in [1.29, 1.82) is 0 Å². The van der Waals surface area contributed by atoms with Crippen LogP contribution in [0.25, 0.3) is 0 Å². The van der Waals surface area contributed by atoms with E-state index in [2.05, 4.69) is 0 Å². The molecule has 5 rings (SSSR count). The van der Waals surface area contributed by atoms with E-state index in [0.29, 0.717) is 21.2 Å². The van der Waals surface area contributed by atoms with E-state index in [9.17, 15) is 26.4 Å². The van der Waals surface area contributed by atoms with Crippen molar-refractivity contribution in [3.63, 3.8) is 0 Å². The number of hydrogen-bond acceptors (Lipinski definition) is 7. The Kier molecular flexibility index (Phi) is 13.1. The summed E-state index contributed by atoms with van der Waals surface area (Å²) in [6.45, 7) is 2.40. The lowest BCUT2D eigenvalue weighted by molar-refractivity contribution is -0.137. The number of urea groups is 1.